The van der Waals surface area contributed by atoms with Crippen LogP contribution in [0.3, 0.4) is 0 Å². The Balaban J connectivity index is 1.91. The molecule has 0 amide bonds. The number of fused-ring (bicyclic) bond motifs is 3. The van der Waals surface area contributed by atoms with Crippen molar-refractivity contribution >= 4 is 0 Å². The predicted molar refractivity (Wildman–Crippen MR) is 63.0 cm³/mol. The van der Waals surface area contributed by atoms with Gasteiger partial charge in [0.1, 0.15) is 0 Å². The van der Waals surface area contributed by atoms with Crippen molar-refractivity contribution < 1.29 is 10.2 Å². The lowest BCUT2D eigenvalue weighted by Gasteiger charge is -2.58. The molecule has 3 saturated carbocycles. The highest BCUT2D eigenvalue weighted by atomic mass is 16.4. The highest BCUT2D eigenvalue weighted by molar-refractivity contribution is 5.11. The fourth-order valence-corrected chi connectivity index (χ4v) is 4.74. The molecule has 0 aliphatic heterocycles. The van der Waals surface area contributed by atoms with Gasteiger partial charge in [0.2, 0.25) is 0 Å². The SMILES string of the molecule is OC12CCCCC1(O)C1CCCCC1CC2. The van der Waals surface area contributed by atoms with Crippen molar-refractivity contribution in [3.05, 3.63) is 0 Å². The fourth-order valence-electron chi connectivity index (χ4n) is 4.74. The average molecular weight is 224 g/mol. The van der Waals surface area contributed by atoms with Crippen LogP contribution in [0, 0.1) is 11.8 Å². The van der Waals surface area contributed by atoms with Gasteiger partial charge in [-0.15, -0.1) is 0 Å². The molecule has 3 rings (SSSR count). The summed E-state index contributed by atoms with van der Waals surface area (Å²) in [5, 5.41) is 21.7. The monoisotopic (exact) mass is 224 g/mol. The predicted octanol–water partition coefficient (Wildman–Crippen LogP) is 2.62. The van der Waals surface area contributed by atoms with Crippen LogP contribution in [-0.2, 0) is 0 Å². The maximum Gasteiger partial charge on any atom is 0.0963 e. The molecule has 0 saturated heterocycles. The second-order valence-corrected chi connectivity index (χ2v) is 6.35. The zero-order valence-corrected chi connectivity index (χ0v) is 10.1. The largest absolute Gasteiger partial charge is 0.387 e. The van der Waals surface area contributed by atoms with E-state index in [-0.39, 0.29) is 0 Å². The summed E-state index contributed by atoms with van der Waals surface area (Å²) in [6, 6.07) is 0. The smallest absolute Gasteiger partial charge is 0.0963 e. The van der Waals surface area contributed by atoms with Gasteiger partial charge in [0, 0.05) is 0 Å². The molecule has 0 aromatic rings. The van der Waals surface area contributed by atoms with Gasteiger partial charge in [0.05, 0.1) is 11.2 Å². The molecule has 92 valence electrons. The summed E-state index contributed by atoms with van der Waals surface area (Å²) in [5.41, 5.74) is -1.49. The van der Waals surface area contributed by atoms with Gasteiger partial charge in [-0.3, -0.25) is 0 Å². The van der Waals surface area contributed by atoms with Crippen LogP contribution in [0.25, 0.3) is 0 Å². The summed E-state index contributed by atoms with van der Waals surface area (Å²) in [4.78, 5) is 0. The molecule has 16 heavy (non-hydrogen) atoms. The minimum absolute atomic E-state index is 0.389. The molecule has 3 fully saturated rings. The van der Waals surface area contributed by atoms with E-state index in [4.69, 9.17) is 0 Å². The van der Waals surface area contributed by atoms with E-state index in [0.717, 1.165) is 44.9 Å². The molecule has 2 nitrogen and oxygen atoms in total. The van der Waals surface area contributed by atoms with E-state index < -0.39 is 11.2 Å². The number of aliphatic hydroxyl groups is 2. The van der Waals surface area contributed by atoms with Crippen LogP contribution in [0.1, 0.15) is 64.2 Å². The molecule has 0 spiro atoms. The average Bonchev–Trinajstić information content (AvgIpc) is 2.31. The van der Waals surface area contributed by atoms with Gasteiger partial charge in [0.25, 0.3) is 0 Å². The zero-order chi connectivity index (χ0) is 11.2. The highest BCUT2D eigenvalue weighted by Gasteiger charge is 2.59. The Morgan fingerprint density at radius 3 is 2.38 bits per heavy atom. The van der Waals surface area contributed by atoms with Crippen molar-refractivity contribution in [3.63, 3.8) is 0 Å². The van der Waals surface area contributed by atoms with Crippen molar-refractivity contribution in [2.75, 3.05) is 0 Å². The van der Waals surface area contributed by atoms with Crippen molar-refractivity contribution in [2.24, 2.45) is 11.8 Å². The lowest BCUT2D eigenvalue weighted by molar-refractivity contribution is -0.241. The van der Waals surface area contributed by atoms with Crippen molar-refractivity contribution in [1.29, 1.82) is 0 Å². The molecule has 2 heteroatoms. The molecule has 4 unspecified atom stereocenters. The summed E-state index contributed by atoms with van der Waals surface area (Å²) in [6.07, 6.45) is 10.8. The Labute approximate surface area is 98.1 Å². The van der Waals surface area contributed by atoms with Gasteiger partial charge in [-0.05, 0) is 43.9 Å². The molecular formula is C14H24O2. The molecule has 4 atom stereocenters. The van der Waals surface area contributed by atoms with Crippen LogP contribution < -0.4 is 0 Å². The van der Waals surface area contributed by atoms with E-state index >= 15 is 0 Å². The second kappa shape index (κ2) is 3.71. The van der Waals surface area contributed by atoms with Crippen LogP contribution in [-0.4, -0.2) is 21.4 Å². The Hall–Kier alpha value is -0.0800. The Morgan fingerprint density at radius 2 is 1.50 bits per heavy atom. The third kappa shape index (κ3) is 1.39. The van der Waals surface area contributed by atoms with E-state index in [1.165, 1.54) is 19.3 Å². The Kier molecular flexibility index (Phi) is 2.56. The van der Waals surface area contributed by atoms with E-state index in [9.17, 15) is 10.2 Å². The quantitative estimate of drug-likeness (QED) is 0.664. The van der Waals surface area contributed by atoms with Crippen LogP contribution in [0.15, 0.2) is 0 Å². The fraction of sp³-hybridized carbons (Fsp3) is 1.00. The molecule has 3 aliphatic carbocycles. The molecule has 2 N–H and O–H groups in total. The van der Waals surface area contributed by atoms with Gasteiger partial charge in [-0.1, -0.05) is 32.1 Å². The van der Waals surface area contributed by atoms with Crippen molar-refractivity contribution in [3.8, 4) is 0 Å². The first kappa shape index (κ1) is 11.0. The van der Waals surface area contributed by atoms with Gasteiger partial charge in [-0.25, -0.2) is 0 Å². The van der Waals surface area contributed by atoms with Crippen LogP contribution in [0.4, 0.5) is 0 Å². The first-order valence-corrected chi connectivity index (χ1v) is 7.10. The summed E-state index contributed by atoms with van der Waals surface area (Å²) in [5.74, 6) is 1.08. The lowest BCUT2D eigenvalue weighted by atomic mass is 9.53. The number of rotatable bonds is 0. The summed E-state index contributed by atoms with van der Waals surface area (Å²) in [7, 11) is 0. The third-order valence-electron chi connectivity index (χ3n) is 5.66. The lowest BCUT2D eigenvalue weighted by Crippen LogP contribution is -2.65. The normalized spacial score (nSPS) is 52.9. The van der Waals surface area contributed by atoms with Crippen LogP contribution in [0.5, 0.6) is 0 Å². The maximum absolute atomic E-state index is 11.0. The minimum Gasteiger partial charge on any atom is -0.387 e. The molecule has 0 radical (unpaired) electrons. The first-order chi connectivity index (χ1) is 7.66. The summed E-state index contributed by atoms with van der Waals surface area (Å²) < 4.78 is 0. The van der Waals surface area contributed by atoms with E-state index in [2.05, 4.69) is 0 Å². The van der Waals surface area contributed by atoms with Crippen LogP contribution in [0.2, 0.25) is 0 Å². The van der Waals surface area contributed by atoms with Gasteiger partial charge in [0.15, 0.2) is 0 Å². The minimum atomic E-state index is -0.746. The second-order valence-electron chi connectivity index (χ2n) is 6.35. The van der Waals surface area contributed by atoms with Crippen molar-refractivity contribution in [1.82, 2.24) is 0 Å². The maximum atomic E-state index is 11.0. The molecule has 3 aliphatic rings. The standard InChI is InChI=1S/C14H24O2/c15-13-8-3-4-9-14(13,16)12-6-2-1-5-11(12)7-10-13/h11-12,15-16H,1-10H2. The molecular weight excluding hydrogens is 200 g/mol. The highest BCUT2D eigenvalue weighted by Crippen LogP contribution is 2.55. The van der Waals surface area contributed by atoms with Gasteiger partial charge >= 0.3 is 0 Å². The van der Waals surface area contributed by atoms with E-state index in [1.807, 2.05) is 0 Å². The van der Waals surface area contributed by atoms with Crippen LogP contribution >= 0.6 is 0 Å². The van der Waals surface area contributed by atoms with E-state index in [1.54, 1.807) is 0 Å². The van der Waals surface area contributed by atoms with E-state index in [0.29, 0.717) is 11.8 Å². The Bertz CT molecular complexity index is 278. The number of hydrogen-bond acceptors (Lipinski definition) is 2. The first-order valence-electron chi connectivity index (χ1n) is 7.10. The third-order valence-corrected chi connectivity index (χ3v) is 5.66. The summed E-state index contributed by atoms with van der Waals surface area (Å²) >= 11 is 0. The number of hydrogen-bond donors (Lipinski definition) is 2. The topological polar surface area (TPSA) is 40.5 Å². The van der Waals surface area contributed by atoms with Gasteiger partial charge in [-0.2, -0.15) is 0 Å². The molecule has 0 bridgehead atoms. The molecule has 0 heterocycles. The zero-order valence-electron chi connectivity index (χ0n) is 10.1. The molecule has 0 aromatic heterocycles. The Morgan fingerprint density at radius 1 is 0.750 bits per heavy atom. The van der Waals surface area contributed by atoms with Crippen molar-refractivity contribution in [2.45, 2.75) is 75.4 Å². The van der Waals surface area contributed by atoms with Gasteiger partial charge < -0.3 is 10.2 Å². The molecule has 0 aromatic carbocycles. The summed E-state index contributed by atoms with van der Waals surface area (Å²) in [6.45, 7) is 0.